The Morgan fingerprint density at radius 1 is 1.18 bits per heavy atom. The Morgan fingerprint density at radius 2 is 1.89 bits per heavy atom. The maximum absolute atomic E-state index is 13.8. The van der Waals surface area contributed by atoms with Gasteiger partial charge in [0.15, 0.2) is 5.82 Å². The first kappa shape index (κ1) is 19.5. The molecule has 0 unspecified atom stereocenters. The lowest BCUT2D eigenvalue weighted by molar-refractivity contribution is -0.137. The Hall–Kier alpha value is -3.30. The number of rotatable bonds is 5. The molecule has 1 aliphatic rings. The van der Waals surface area contributed by atoms with E-state index in [1.165, 1.54) is 21.8 Å². The van der Waals surface area contributed by atoms with Gasteiger partial charge in [0.05, 0.1) is 5.56 Å². The Morgan fingerprint density at radius 3 is 2.54 bits per heavy atom. The molecule has 2 aromatic rings. The Balaban J connectivity index is 1.54. The van der Waals surface area contributed by atoms with Gasteiger partial charge in [0.2, 0.25) is 5.91 Å². The summed E-state index contributed by atoms with van der Waals surface area (Å²) in [6.07, 6.45) is 2.22. The molecule has 0 spiro atoms. The van der Waals surface area contributed by atoms with E-state index < -0.39 is 23.5 Å². The van der Waals surface area contributed by atoms with Gasteiger partial charge in [0, 0.05) is 37.3 Å². The number of carbonyl (C=O) groups excluding carboxylic acids is 2. The zero-order valence-corrected chi connectivity index (χ0v) is 14.8. The molecule has 148 valence electrons. The van der Waals surface area contributed by atoms with E-state index in [0.717, 1.165) is 12.1 Å². The van der Waals surface area contributed by atoms with Crippen LogP contribution in [0.15, 0.2) is 30.5 Å². The van der Waals surface area contributed by atoms with E-state index in [2.05, 4.69) is 10.4 Å². The molecule has 0 aliphatic carbocycles. The summed E-state index contributed by atoms with van der Waals surface area (Å²) in [6.45, 7) is 0.221. The third-order valence-corrected chi connectivity index (χ3v) is 4.50. The summed E-state index contributed by atoms with van der Waals surface area (Å²) >= 11 is 0. The molecule has 2 amide bonds. The second-order valence-electron chi connectivity index (χ2n) is 6.47. The number of hydrogen-bond acceptors (Lipinski definition) is 4. The molecule has 1 fully saturated rings. The summed E-state index contributed by atoms with van der Waals surface area (Å²) in [5.41, 5.74) is -0.201. The molecule has 0 radical (unpaired) electrons. The van der Waals surface area contributed by atoms with E-state index in [4.69, 9.17) is 5.11 Å². The van der Waals surface area contributed by atoms with Gasteiger partial charge in [0.1, 0.15) is 18.2 Å². The number of carboxylic acids is 1. The lowest BCUT2D eigenvalue weighted by atomic mass is 9.95. The number of amides is 2. The minimum Gasteiger partial charge on any atom is -0.480 e. The first-order valence-electron chi connectivity index (χ1n) is 8.64. The van der Waals surface area contributed by atoms with Gasteiger partial charge in [-0.1, -0.05) is 0 Å². The first-order valence-corrected chi connectivity index (χ1v) is 8.64. The van der Waals surface area contributed by atoms with Gasteiger partial charge in [-0.15, -0.1) is 0 Å². The van der Waals surface area contributed by atoms with E-state index in [9.17, 15) is 23.2 Å². The van der Waals surface area contributed by atoms with Crippen LogP contribution in [0, 0.1) is 17.6 Å². The summed E-state index contributed by atoms with van der Waals surface area (Å²) < 4.78 is 28.0. The van der Waals surface area contributed by atoms with Crippen molar-refractivity contribution in [3.8, 4) is 0 Å². The van der Waals surface area contributed by atoms with Gasteiger partial charge < -0.3 is 15.3 Å². The van der Waals surface area contributed by atoms with Crippen molar-refractivity contribution in [2.45, 2.75) is 19.4 Å². The van der Waals surface area contributed by atoms with Crippen molar-refractivity contribution < 1.29 is 28.3 Å². The first-order chi connectivity index (χ1) is 13.3. The monoisotopic (exact) mass is 392 g/mol. The van der Waals surface area contributed by atoms with E-state index in [1.807, 2.05) is 0 Å². The van der Waals surface area contributed by atoms with Gasteiger partial charge in [-0.3, -0.25) is 19.1 Å². The number of nitrogens with zero attached hydrogens (tertiary/aromatic N) is 3. The van der Waals surface area contributed by atoms with Gasteiger partial charge in [-0.2, -0.15) is 5.10 Å². The van der Waals surface area contributed by atoms with E-state index in [0.29, 0.717) is 18.9 Å². The molecule has 10 heteroatoms. The molecule has 1 aromatic heterocycles. The zero-order chi connectivity index (χ0) is 20.3. The molecule has 1 aromatic carbocycles. The highest BCUT2D eigenvalue weighted by atomic mass is 19.1. The van der Waals surface area contributed by atoms with E-state index in [-0.39, 0.29) is 42.8 Å². The third-order valence-electron chi connectivity index (χ3n) is 4.50. The maximum Gasteiger partial charge on any atom is 0.325 e. The fourth-order valence-electron chi connectivity index (χ4n) is 3.06. The largest absolute Gasteiger partial charge is 0.480 e. The van der Waals surface area contributed by atoms with Gasteiger partial charge in [0.25, 0.3) is 5.91 Å². The minimum atomic E-state index is -1.05. The Bertz CT molecular complexity index is 907. The van der Waals surface area contributed by atoms with Crippen molar-refractivity contribution in [1.29, 1.82) is 0 Å². The lowest BCUT2D eigenvalue weighted by Crippen LogP contribution is -2.41. The number of benzene rings is 1. The quantitative estimate of drug-likeness (QED) is 0.807. The van der Waals surface area contributed by atoms with Crippen LogP contribution in [-0.2, 0) is 16.1 Å². The molecule has 2 N–H and O–H groups in total. The molecule has 0 bridgehead atoms. The number of carbonyl (C=O) groups is 3. The fraction of sp³-hybridized carbons (Fsp3) is 0.333. The van der Waals surface area contributed by atoms with Crippen molar-refractivity contribution in [3.63, 3.8) is 0 Å². The van der Waals surface area contributed by atoms with Crippen molar-refractivity contribution in [3.05, 3.63) is 47.7 Å². The molecule has 1 aliphatic heterocycles. The van der Waals surface area contributed by atoms with Crippen LogP contribution in [0.5, 0.6) is 0 Å². The summed E-state index contributed by atoms with van der Waals surface area (Å²) in [7, 11) is 0. The molecule has 8 nitrogen and oxygen atoms in total. The van der Waals surface area contributed by atoms with Crippen molar-refractivity contribution >= 4 is 23.6 Å². The topological polar surface area (TPSA) is 105 Å². The average Bonchev–Trinajstić information content (AvgIpc) is 3.07. The Labute approximate surface area is 158 Å². The van der Waals surface area contributed by atoms with Crippen LogP contribution in [0.25, 0.3) is 0 Å². The second-order valence-corrected chi connectivity index (χ2v) is 6.47. The third kappa shape index (κ3) is 4.51. The fourth-order valence-corrected chi connectivity index (χ4v) is 3.06. The van der Waals surface area contributed by atoms with Gasteiger partial charge in [-0.05, 0) is 25.0 Å². The highest BCUT2D eigenvalue weighted by Crippen LogP contribution is 2.22. The lowest BCUT2D eigenvalue weighted by Gasteiger charge is -2.31. The molecule has 3 rings (SSSR count). The molecule has 0 atom stereocenters. The van der Waals surface area contributed by atoms with Crippen LogP contribution in [-0.4, -0.2) is 50.7 Å². The standard InChI is InChI=1S/C18H18F2N4O4/c19-12-1-2-13(14(20)9-12)18(28)23-6-3-11(4-7-23)17(27)21-15-5-8-24(22-15)10-16(25)26/h1-2,5,8-9,11H,3-4,6-7,10H2,(H,25,26)(H,21,22,27). The van der Waals surface area contributed by atoms with Crippen LogP contribution in [0.2, 0.25) is 0 Å². The van der Waals surface area contributed by atoms with Crippen LogP contribution in [0.1, 0.15) is 23.2 Å². The van der Waals surface area contributed by atoms with Crippen molar-refractivity contribution in [2.24, 2.45) is 5.92 Å². The summed E-state index contributed by atoms with van der Waals surface area (Å²) in [5.74, 6) is -3.64. The smallest absolute Gasteiger partial charge is 0.325 e. The maximum atomic E-state index is 13.8. The summed E-state index contributed by atoms with van der Waals surface area (Å²) in [6, 6.07) is 4.30. The number of likely N-dealkylation sites (tertiary alicyclic amines) is 1. The van der Waals surface area contributed by atoms with Crippen LogP contribution in [0.4, 0.5) is 14.6 Å². The van der Waals surface area contributed by atoms with E-state index in [1.54, 1.807) is 0 Å². The molecule has 0 saturated carbocycles. The molecular weight excluding hydrogens is 374 g/mol. The number of halogens is 2. The number of aromatic nitrogens is 2. The number of hydrogen-bond donors (Lipinski definition) is 2. The predicted octanol–water partition coefficient (Wildman–Crippen LogP) is 1.74. The predicted molar refractivity (Wildman–Crippen MR) is 93.5 cm³/mol. The summed E-state index contributed by atoms with van der Waals surface area (Å²) in [4.78, 5) is 36.8. The molecular formula is C18H18F2N4O4. The Kier molecular flexibility index (Phi) is 5.67. The van der Waals surface area contributed by atoms with E-state index >= 15 is 0 Å². The second kappa shape index (κ2) is 8.15. The van der Waals surface area contributed by atoms with Gasteiger partial charge in [-0.25, -0.2) is 8.78 Å². The van der Waals surface area contributed by atoms with Crippen molar-refractivity contribution in [1.82, 2.24) is 14.7 Å². The summed E-state index contributed by atoms with van der Waals surface area (Å²) in [5, 5.41) is 15.3. The van der Waals surface area contributed by atoms with Crippen molar-refractivity contribution in [2.75, 3.05) is 18.4 Å². The highest BCUT2D eigenvalue weighted by Gasteiger charge is 2.29. The zero-order valence-electron chi connectivity index (χ0n) is 14.8. The molecule has 28 heavy (non-hydrogen) atoms. The van der Waals surface area contributed by atoms with Crippen LogP contribution < -0.4 is 5.32 Å². The number of anilines is 1. The highest BCUT2D eigenvalue weighted by molar-refractivity contribution is 5.95. The van der Waals surface area contributed by atoms with Crippen LogP contribution >= 0.6 is 0 Å². The molecule has 1 saturated heterocycles. The number of aliphatic carboxylic acids is 1. The van der Waals surface area contributed by atoms with Gasteiger partial charge >= 0.3 is 5.97 Å². The average molecular weight is 392 g/mol. The number of piperidine rings is 1. The normalized spacial score (nSPS) is 14.7. The SMILES string of the molecule is O=C(O)Cn1ccc(NC(=O)C2CCN(C(=O)c3ccc(F)cc3F)CC2)n1. The number of carboxylic acid groups (broad SMARTS) is 1. The minimum absolute atomic E-state index is 0.201. The number of nitrogens with one attached hydrogen (secondary N) is 1. The molecule has 2 heterocycles. The van der Waals surface area contributed by atoms with Crippen LogP contribution in [0.3, 0.4) is 0 Å².